The fourth-order valence-electron chi connectivity index (χ4n) is 3.49. The van der Waals surface area contributed by atoms with Crippen LogP contribution in [0.1, 0.15) is 44.1 Å². The second-order valence-corrected chi connectivity index (χ2v) is 8.71. The monoisotopic (exact) mass is 391 g/mol. The van der Waals surface area contributed by atoms with Gasteiger partial charge in [-0.15, -0.1) is 5.10 Å². The molecule has 0 aliphatic rings. The minimum atomic E-state index is -0.106. The molecule has 4 rings (SSSR count). The number of rotatable bonds is 5. The number of hydrogen-bond acceptors (Lipinski definition) is 5. The van der Waals surface area contributed by atoms with Crippen LogP contribution in [0.5, 0.6) is 0 Å². The van der Waals surface area contributed by atoms with Crippen LogP contribution in [0.3, 0.4) is 0 Å². The Morgan fingerprint density at radius 2 is 2.00 bits per heavy atom. The maximum absolute atomic E-state index is 13.1. The molecule has 150 valence electrons. The fraction of sp³-hybridized carbons (Fsp3) is 0.364. The lowest BCUT2D eigenvalue weighted by atomic mass is 9.91. The highest BCUT2D eigenvalue weighted by Gasteiger charge is 2.24. The highest BCUT2D eigenvalue weighted by atomic mass is 16.3. The van der Waals surface area contributed by atoms with E-state index in [1.807, 2.05) is 29.2 Å². The topological polar surface area (TPSA) is 76.5 Å². The van der Waals surface area contributed by atoms with Gasteiger partial charge in [0.1, 0.15) is 5.76 Å². The number of tetrazole rings is 1. The average molecular weight is 391 g/mol. The van der Waals surface area contributed by atoms with Gasteiger partial charge in [0.2, 0.25) is 5.91 Å². The Kier molecular flexibility index (Phi) is 4.82. The summed E-state index contributed by atoms with van der Waals surface area (Å²) in [5, 5.41) is 13.3. The molecule has 3 aromatic heterocycles. The lowest BCUT2D eigenvalue weighted by molar-refractivity contribution is -0.134. The molecule has 0 N–H and O–H groups in total. The molecule has 0 atom stereocenters. The summed E-state index contributed by atoms with van der Waals surface area (Å²) in [5.74, 6) is 0.823. The summed E-state index contributed by atoms with van der Waals surface area (Å²) in [4.78, 5) is 14.9. The van der Waals surface area contributed by atoms with E-state index >= 15 is 0 Å². The van der Waals surface area contributed by atoms with Gasteiger partial charge in [-0.2, -0.15) is 4.52 Å². The van der Waals surface area contributed by atoms with Crippen LogP contribution in [0, 0.1) is 12.3 Å². The van der Waals surface area contributed by atoms with Crippen molar-refractivity contribution < 1.29 is 9.21 Å². The van der Waals surface area contributed by atoms with E-state index in [9.17, 15) is 4.79 Å². The Morgan fingerprint density at radius 1 is 1.17 bits per heavy atom. The van der Waals surface area contributed by atoms with Gasteiger partial charge in [0.15, 0.2) is 5.65 Å². The molecule has 0 saturated carbocycles. The third-order valence-corrected chi connectivity index (χ3v) is 4.82. The third kappa shape index (κ3) is 4.13. The van der Waals surface area contributed by atoms with Gasteiger partial charge in [0.05, 0.1) is 18.3 Å². The minimum absolute atomic E-state index is 0.0730. The van der Waals surface area contributed by atoms with E-state index in [1.165, 1.54) is 0 Å². The van der Waals surface area contributed by atoms with Gasteiger partial charge in [-0.1, -0.05) is 32.4 Å². The van der Waals surface area contributed by atoms with Gasteiger partial charge in [0.25, 0.3) is 0 Å². The molecule has 0 spiro atoms. The molecule has 0 bridgehead atoms. The van der Waals surface area contributed by atoms with Crippen molar-refractivity contribution in [1.82, 2.24) is 24.9 Å². The van der Waals surface area contributed by atoms with Crippen LogP contribution in [-0.2, 0) is 17.9 Å². The van der Waals surface area contributed by atoms with Crippen molar-refractivity contribution in [1.29, 1.82) is 0 Å². The lowest BCUT2D eigenvalue weighted by Crippen LogP contribution is -2.33. The predicted molar refractivity (Wildman–Crippen MR) is 110 cm³/mol. The van der Waals surface area contributed by atoms with Crippen LogP contribution in [0.2, 0.25) is 0 Å². The third-order valence-electron chi connectivity index (χ3n) is 4.82. The van der Waals surface area contributed by atoms with E-state index in [0.717, 1.165) is 27.8 Å². The first-order chi connectivity index (χ1) is 13.8. The summed E-state index contributed by atoms with van der Waals surface area (Å²) in [5.41, 5.74) is 3.56. The number of pyridine rings is 1. The minimum Gasteiger partial charge on any atom is -0.467 e. The van der Waals surface area contributed by atoms with E-state index in [4.69, 9.17) is 4.42 Å². The Bertz CT molecular complexity index is 1160. The zero-order valence-corrected chi connectivity index (χ0v) is 17.2. The first-order valence-corrected chi connectivity index (χ1v) is 9.71. The molecular weight excluding hydrogens is 366 g/mol. The highest BCUT2D eigenvalue weighted by Crippen LogP contribution is 2.25. The molecule has 7 heteroatoms. The zero-order valence-electron chi connectivity index (χ0n) is 17.2. The molecule has 3 heterocycles. The molecule has 1 aromatic carbocycles. The Hall–Kier alpha value is -3.22. The number of carbonyl (C=O) groups excluding carboxylic acids is 1. The van der Waals surface area contributed by atoms with Crippen molar-refractivity contribution in [3.05, 3.63) is 59.5 Å². The SMILES string of the molecule is Cc1ccc2c(c1)cc(CN(Cc1ccco1)C(=O)CC(C)(C)C)c1nnnn12. The molecule has 0 saturated heterocycles. The predicted octanol–water partition coefficient (Wildman–Crippen LogP) is 4.14. The Morgan fingerprint density at radius 3 is 2.72 bits per heavy atom. The van der Waals surface area contributed by atoms with Gasteiger partial charge in [-0.25, -0.2) is 0 Å². The second kappa shape index (κ2) is 7.31. The van der Waals surface area contributed by atoms with E-state index in [0.29, 0.717) is 25.2 Å². The van der Waals surface area contributed by atoms with Crippen molar-refractivity contribution in [3.63, 3.8) is 0 Å². The molecule has 1 amide bonds. The number of benzene rings is 1. The van der Waals surface area contributed by atoms with E-state index < -0.39 is 0 Å². The molecule has 7 nitrogen and oxygen atoms in total. The number of furan rings is 1. The average Bonchev–Trinajstić information content (AvgIpc) is 3.31. The van der Waals surface area contributed by atoms with Gasteiger partial charge in [0, 0.05) is 23.9 Å². The molecule has 29 heavy (non-hydrogen) atoms. The van der Waals surface area contributed by atoms with E-state index in [2.05, 4.69) is 55.4 Å². The number of aromatic nitrogens is 4. The highest BCUT2D eigenvalue weighted by molar-refractivity contribution is 5.84. The molecule has 0 aliphatic heterocycles. The molecule has 0 unspecified atom stereocenters. The standard InChI is InChI=1S/C22H25N5O2/c1-15-7-8-19-16(10-15)11-17(21-23-24-25-27(19)21)13-26(14-18-6-5-9-29-18)20(28)12-22(2,3)4/h5-11H,12-14H2,1-4H3. The van der Waals surface area contributed by atoms with Crippen LogP contribution in [0.4, 0.5) is 0 Å². The first kappa shape index (κ1) is 19.1. The maximum atomic E-state index is 13.1. The summed E-state index contributed by atoms with van der Waals surface area (Å²) in [6.45, 7) is 9.06. The lowest BCUT2D eigenvalue weighted by Gasteiger charge is -2.26. The number of aryl methyl sites for hydroxylation is 1. The Balaban J connectivity index is 1.74. The van der Waals surface area contributed by atoms with Gasteiger partial charge < -0.3 is 9.32 Å². The number of nitrogens with zero attached hydrogens (tertiary/aromatic N) is 5. The normalized spacial score (nSPS) is 12.0. The first-order valence-electron chi connectivity index (χ1n) is 9.71. The number of amides is 1. The number of carbonyl (C=O) groups is 1. The largest absolute Gasteiger partial charge is 0.467 e. The molecule has 0 aliphatic carbocycles. The number of hydrogen-bond donors (Lipinski definition) is 0. The van der Waals surface area contributed by atoms with Crippen molar-refractivity contribution >= 4 is 22.5 Å². The number of fused-ring (bicyclic) bond motifs is 3. The van der Waals surface area contributed by atoms with Crippen molar-refractivity contribution in [2.24, 2.45) is 5.41 Å². The summed E-state index contributed by atoms with van der Waals surface area (Å²) in [6.07, 6.45) is 2.07. The second-order valence-electron chi connectivity index (χ2n) is 8.71. The Labute approximate surface area is 169 Å². The van der Waals surface area contributed by atoms with Crippen LogP contribution < -0.4 is 0 Å². The summed E-state index contributed by atoms with van der Waals surface area (Å²) in [6, 6.07) is 12.0. The molecule has 0 radical (unpaired) electrons. The van der Waals surface area contributed by atoms with Gasteiger partial charge in [-0.3, -0.25) is 4.79 Å². The van der Waals surface area contributed by atoms with Crippen LogP contribution >= 0.6 is 0 Å². The summed E-state index contributed by atoms with van der Waals surface area (Å²) >= 11 is 0. The zero-order chi connectivity index (χ0) is 20.6. The van der Waals surface area contributed by atoms with Crippen molar-refractivity contribution in [2.45, 2.75) is 47.2 Å². The quantitative estimate of drug-likeness (QED) is 0.511. The summed E-state index contributed by atoms with van der Waals surface area (Å²) in [7, 11) is 0. The molecule has 0 fully saturated rings. The van der Waals surface area contributed by atoms with Gasteiger partial charge >= 0.3 is 0 Å². The van der Waals surface area contributed by atoms with Crippen LogP contribution in [0.15, 0.2) is 47.1 Å². The van der Waals surface area contributed by atoms with Gasteiger partial charge in [-0.05, 0) is 53.1 Å². The maximum Gasteiger partial charge on any atom is 0.223 e. The van der Waals surface area contributed by atoms with Crippen molar-refractivity contribution in [3.8, 4) is 0 Å². The fourth-order valence-corrected chi connectivity index (χ4v) is 3.49. The van der Waals surface area contributed by atoms with E-state index in [1.54, 1.807) is 10.8 Å². The van der Waals surface area contributed by atoms with E-state index in [-0.39, 0.29) is 11.3 Å². The summed E-state index contributed by atoms with van der Waals surface area (Å²) < 4.78 is 7.24. The smallest absolute Gasteiger partial charge is 0.223 e. The molecule has 4 aromatic rings. The van der Waals surface area contributed by atoms with Crippen LogP contribution in [-0.4, -0.2) is 30.8 Å². The molecular formula is C22H25N5O2. The van der Waals surface area contributed by atoms with Crippen molar-refractivity contribution in [2.75, 3.05) is 0 Å². The van der Waals surface area contributed by atoms with Crippen LogP contribution in [0.25, 0.3) is 16.6 Å².